The standard InChI is InChI=1S/C29H27N5/c1-32-26-15-6-7-16-27(26)33-17-21-10-3-4-12-22(21)25-18-34-28(30-19-31-34)23-13-5-2-9-20(23)11-8-14-24(25)29(32)33/h2-10,12-16,19,24-25,29H,11,17-18H2,1H3/b14-8+. The molecule has 0 radical (unpaired) electrons. The Kier molecular flexibility index (Phi) is 4.37. The van der Waals surface area contributed by atoms with E-state index in [1.807, 2.05) is 0 Å². The lowest BCUT2D eigenvalue weighted by Crippen LogP contribution is -2.46. The van der Waals surface area contributed by atoms with Gasteiger partial charge in [-0.2, -0.15) is 5.10 Å². The van der Waals surface area contributed by atoms with E-state index >= 15 is 0 Å². The van der Waals surface area contributed by atoms with Crippen molar-refractivity contribution in [1.82, 2.24) is 14.8 Å². The molecule has 3 aliphatic rings. The van der Waals surface area contributed by atoms with Crippen LogP contribution in [0.1, 0.15) is 22.6 Å². The number of rotatable bonds is 0. The average Bonchev–Trinajstić information content (AvgIpc) is 3.40. The van der Waals surface area contributed by atoms with Gasteiger partial charge in [0.2, 0.25) is 0 Å². The third-order valence-electron chi connectivity index (χ3n) is 7.83. The third kappa shape index (κ3) is 2.86. The topological polar surface area (TPSA) is 37.2 Å². The van der Waals surface area contributed by atoms with Crippen LogP contribution in [0, 0.1) is 5.92 Å². The summed E-state index contributed by atoms with van der Waals surface area (Å²) in [5, 5.41) is 4.72. The van der Waals surface area contributed by atoms with Crippen molar-refractivity contribution in [2.24, 2.45) is 5.92 Å². The predicted octanol–water partition coefficient (Wildman–Crippen LogP) is 5.25. The van der Waals surface area contributed by atoms with Gasteiger partial charge in [-0.05, 0) is 35.2 Å². The van der Waals surface area contributed by atoms with Crippen molar-refractivity contribution in [1.29, 1.82) is 0 Å². The molecule has 0 fully saturated rings. The number of allylic oxidation sites excluding steroid dienone is 1. The van der Waals surface area contributed by atoms with Crippen molar-refractivity contribution in [2.45, 2.75) is 31.6 Å². The molecule has 0 saturated carbocycles. The summed E-state index contributed by atoms with van der Waals surface area (Å²) < 4.78 is 2.13. The van der Waals surface area contributed by atoms with Crippen LogP contribution in [0.2, 0.25) is 0 Å². The molecule has 3 aliphatic heterocycles. The normalized spacial score (nSPS) is 23.5. The van der Waals surface area contributed by atoms with Crippen molar-refractivity contribution in [3.8, 4) is 11.4 Å². The fraction of sp³-hybridized carbons (Fsp3) is 0.241. The Hall–Kier alpha value is -3.86. The Labute approximate surface area is 200 Å². The predicted molar refractivity (Wildman–Crippen MR) is 136 cm³/mol. The van der Waals surface area contributed by atoms with E-state index in [9.17, 15) is 0 Å². The van der Waals surface area contributed by atoms with E-state index in [-0.39, 0.29) is 12.1 Å². The number of aromatic nitrogens is 3. The third-order valence-corrected chi connectivity index (χ3v) is 7.83. The van der Waals surface area contributed by atoms with Crippen LogP contribution in [-0.4, -0.2) is 28.0 Å². The lowest BCUT2D eigenvalue weighted by Gasteiger charge is -2.37. The van der Waals surface area contributed by atoms with Gasteiger partial charge in [0.05, 0.1) is 17.9 Å². The van der Waals surface area contributed by atoms with Gasteiger partial charge in [-0.3, -0.25) is 0 Å². The molecular weight excluding hydrogens is 418 g/mol. The second-order valence-electron chi connectivity index (χ2n) is 9.58. The number of anilines is 2. The highest BCUT2D eigenvalue weighted by Gasteiger charge is 2.44. The molecule has 0 amide bonds. The van der Waals surface area contributed by atoms with Gasteiger partial charge >= 0.3 is 0 Å². The lowest BCUT2D eigenvalue weighted by atomic mass is 9.81. The van der Waals surface area contributed by atoms with E-state index < -0.39 is 0 Å². The first-order chi connectivity index (χ1) is 16.8. The monoisotopic (exact) mass is 445 g/mol. The second kappa shape index (κ2) is 7.59. The van der Waals surface area contributed by atoms with Gasteiger partial charge in [0.15, 0.2) is 5.82 Å². The van der Waals surface area contributed by atoms with Crippen LogP contribution in [0.15, 0.2) is 91.3 Å². The van der Waals surface area contributed by atoms with Crippen LogP contribution >= 0.6 is 0 Å². The van der Waals surface area contributed by atoms with E-state index in [1.165, 1.54) is 33.6 Å². The minimum atomic E-state index is 0.243. The van der Waals surface area contributed by atoms with Crippen LogP contribution in [0.5, 0.6) is 0 Å². The van der Waals surface area contributed by atoms with Gasteiger partial charge in [-0.1, -0.05) is 72.8 Å². The molecule has 0 spiro atoms. The van der Waals surface area contributed by atoms with E-state index in [1.54, 1.807) is 6.33 Å². The summed E-state index contributed by atoms with van der Waals surface area (Å²) in [4.78, 5) is 9.79. The molecule has 0 aliphatic carbocycles. The van der Waals surface area contributed by atoms with Gasteiger partial charge < -0.3 is 9.80 Å². The fourth-order valence-electron chi connectivity index (χ4n) is 6.30. The van der Waals surface area contributed by atoms with Gasteiger partial charge in [0.25, 0.3) is 0 Å². The largest absolute Gasteiger partial charge is 0.352 e. The number of fused-ring (bicyclic) bond motifs is 10. The highest BCUT2D eigenvalue weighted by Crippen LogP contribution is 2.48. The van der Waals surface area contributed by atoms with E-state index in [0.29, 0.717) is 5.92 Å². The summed E-state index contributed by atoms with van der Waals surface area (Å²) in [7, 11) is 2.25. The van der Waals surface area contributed by atoms with Crippen molar-refractivity contribution < 1.29 is 0 Å². The van der Waals surface area contributed by atoms with E-state index in [4.69, 9.17) is 10.1 Å². The Morgan fingerprint density at radius 3 is 2.53 bits per heavy atom. The Bertz CT molecular complexity index is 1400. The minimum absolute atomic E-state index is 0.243. The zero-order valence-electron chi connectivity index (χ0n) is 19.2. The Morgan fingerprint density at radius 1 is 0.853 bits per heavy atom. The first kappa shape index (κ1) is 19.6. The van der Waals surface area contributed by atoms with Crippen molar-refractivity contribution >= 4 is 11.4 Å². The zero-order valence-corrected chi connectivity index (χ0v) is 19.2. The molecule has 168 valence electrons. The summed E-state index contributed by atoms with van der Waals surface area (Å²) in [5.41, 5.74) is 7.92. The maximum Gasteiger partial charge on any atom is 0.158 e. The van der Waals surface area contributed by atoms with Crippen LogP contribution in [0.4, 0.5) is 11.4 Å². The van der Waals surface area contributed by atoms with Gasteiger partial charge in [-0.15, -0.1) is 0 Å². The van der Waals surface area contributed by atoms with E-state index in [0.717, 1.165) is 25.3 Å². The summed E-state index contributed by atoms with van der Waals surface area (Å²) in [6.45, 7) is 1.71. The van der Waals surface area contributed by atoms with Crippen molar-refractivity contribution in [2.75, 3.05) is 16.8 Å². The number of nitrogens with zero attached hydrogens (tertiary/aromatic N) is 5. The summed E-state index contributed by atoms with van der Waals surface area (Å²) in [6, 6.07) is 26.4. The average molecular weight is 446 g/mol. The fourth-order valence-corrected chi connectivity index (χ4v) is 6.30. The molecule has 5 nitrogen and oxygen atoms in total. The van der Waals surface area contributed by atoms with Crippen LogP contribution in [0.25, 0.3) is 11.4 Å². The first-order valence-electron chi connectivity index (χ1n) is 12.1. The maximum atomic E-state index is 4.72. The highest BCUT2D eigenvalue weighted by molar-refractivity contribution is 5.78. The molecule has 0 bridgehead atoms. The Morgan fingerprint density at radius 2 is 1.62 bits per heavy atom. The molecule has 3 atom stereocenters. The van der Waals surface area contributed by atoms with Crippen LogP contribution < -0.4 is 9.80 Å². The van der Waals surface area contributed by atoms with Crippen molar-refractivity contribution in [3.05, 3.63) is 108 Å². The molecular formula is C29H27N5. The van der Waals surface area contributed by atoms with Crippen LogP contribution in [-0.2, 0) is 19.5 Å². The Balaban J connectivity index is 1.44. The minimum Gasteiger partial charge on any atom is -0.352 e. The van der Waals surface area contributed by atoms with E-state index in [2.05, 4.69) is 106 Å². The molecule has 3 aromatic carbocycles. The molecule has 5 heteroatoms. The van der Waals surface area contributed by atoms with Gasteiger partial charge in [0, 0.05) is 31.0 Å². The smallest absolute Gasteiger partial charge is 0.158 e. The quantitative estimate of drug-likeness (QED) is 0.346. The SMILES string of the molecule is CN1c2ccccc2N2Cc3ccccc3C3Cn4ncnc4-c4ccccc4C/C=C/C3C12. The first-order valence-corrected chi connectivity index (χ1v) is 12.1. The highest BCUT2D eigenvalue weighted by atomic mass is 15.4. The molecule has 34 heavy (non-hydrogen) atoms. The number of para-hydroxylation sites is 2. The van der Waals surface area contributed by atoms with Crippen LogP contribution in [0.3, 0.4) is 0 Å². The lowest BCUT2D eigenvalue weighted by molar-refractivity contribution is 0.369. The number of hydrogen-bond acceptors (Lipinski definition) is 4. The number of hydrogen-bond donors (Lipinski definition) is 0. The molecule has 4 heterocycles. The summed E-state index contributed by atoms with van der Waals surface area (Å²) in [5.74, 6) is 1.54. The van der Waals surface area contributed by atoms with Gasteiger partial charge in [0.1, 0.15) is 12.5 Å². The molecule has 0 N–H and O–H groups in total. The summed E-state index contributed by atoms with van der Waals surface area (Å²) >= 11 is 0. The molecule has 3 unspecified atom stereocenters. The maximum absolute atomic E-state index is 4.72. The molecule has 0 saturated heterocycles. The summed E-state index contributed by atoms with van der Waals surface area (Å²) in [6.07, 6.45) is 7.69. The second-order valence-corrected chi connectivity index (χ2v) is 9.58. The number of benzene rings is 3. The van der Waals surface area contributed by atoms with Gasteiger partial charge in [-0.25, -0.2) is 9.67 Å². The van der Waals surface area contributed by atoms with Crippen molar-refractivity contribution in [3.63, 3.8) is 0 Å². The molecule has 7 rings (SSSR count). The zero-order chi connectivity index (χ0) is 22.6. The molecule has 1 aromatic heterocycles. The molecule has 4 aromatic rings.